The molecule has 3 nitrogen and oxygen atoms in total. The molecule has 0 unspecified atom stereocenters. The molecule has 0 radical (unpaired) electrons. The summed E-state index contributed by atoms with van der Waals surface area (Å²) in [4.78, 5) is 13.3. The third-order valence-electron chi connectivity index (χ3n) is 5.21. The molecule has 2 N–H and O–H groups in total. The van der Waals surface area contributed by atoms with E-state index in [1.54, 1.807) is 0 Å². The van der Waals surface area contributed by atoms with E-state index in [9.17, 15) is 4.79 Å². The van der Waals surface area contributed by atoms with Gasteiger partial charge in [-0.2, -0.15) is 0 Å². The van der Waals surface area contributed by atoms with Gasteiger partial charge in [0.2, 0.25) is 5.91 Å². The molecule has 4 bridgehead atoms. The number of rotatable bonds is 3. The van der Waals surface area contributed by atoms with Gasteiger partial charge in [-0.25, -0.2) is 0 Å². The highest BCUT2D eigenvalue weighted by molar-refractivity contribution is 5.76. The first kappa shape index (κ1) is 10.6. The molecule has 90 valence electrons. The molecule has 4 aliphatic carbocycles. The van der Waals surface area contributed by atoms with Crippen LogP contribution in [0.3, 0.4) is 0 Å². The molecular weight excluding hydrogens is 200 g/mol. The van der Waals surface area contributed by atoms with Crippen LogP contribution in [-0.2, 0) is 4.79 Å². The highest BCUT2D eigenvalue weighted by Gasteiger charge is 2.52. The second kappa shape index (κ2) is 3.46. The van der Waals surface area contributed by atoms with Gasteiger partial charge in [0.25, 0.3) is 0 Å². The van der Waals surface area contributed by atoms with Crippen LogP contribution < -0.4 is 5.73 Å². The number of hydrogen-bond acceptors (Lipinski definition) is 2. The fourth-order valence-electron chi connectivity index (χ4n) is 4.93. The lowest BCUT2D eigenvalue weighted by Gasteiger charge is -2.59. The number of carbonyl (C=O) groups is 1. The molecule has 4 saturated carbocycles. The number of hydrogen-bond donors (Lipinski definition) is 1. The Balaban J connectivity index is 1.80. The summed E-state index contributed by atoms with van der Waals surface area (Å²) in [6.45, 7) is 0.437. The van der Waals surface area contributed by atoms with Crippen LogP contribution in [0.4, 0.5) is 0 Å². The molecule has 1 amide bonds. The van der Waals surface area contributed by atoms with Gasteiger partial charge in [0.1, 0.15) is 0 Å². The van der Waals surface area contributed by atoms with E-state index in [2.05, 4.69) is 11.9 Å². The fourth-order valence-corrected chi connectivity index (χ4v) is 4.93. The van der Waals surface area contributed by atoms with Crippen molar-refractivity contribution in [2.75, 3.05) is 13.6 Å². The summed E-state index contributed by atoms with van der Waals surface area (Å²) >= 11 is 0. The van der Waals surface area contributed by atoms with Crippen LogP contribution in [0.2, 0.25) is 0 Å². The molecular formula is C13H22N2O. The minimum absolute atomic E-state index is 0.182. The van der Waals surface area contributed by atoms with Crippen LogP contribution in [0.5, 0.6) is 0 Å². The molecule has 0 aromatic rings. The Hall–Kier alpha value is -0.570. The van der Waals surface area contributed by atoms with Crippen molar-refractivity contribution in [1.82, 2.24) is 4.90 Å². The molecule has 4 rings (SSSR count). The van der Waals surface area contributed by atoms with E-state index in [1.165, 1.54) is 38.5 Å². The van der Waals surface area contributed by atoms with Crippen molar-refractivity contribution in [2.24, 2.45) is 23.5 Å². The van der Waals surface area contributed by atoms with E-state index < -0.39 is 0 Å². The second-order valence-electron chi connectivity index (χ2n) is 6.46. The molecule has 0 atom stereocenters. The van der Waals surface area contributed by atoms with Crippen LogP contribution in [0.1, 0.15) is 38.5 Å². The van der Waals surface area contributed by atoms with Gasteiger partial charge in [0.05, 0.1) is 6.54 Å². The first-order valence-corrected chi connectivity index (χ1v) is 6.57. The first-order chi connectivity index (χ1) is 7.57. The molecule has 0 heterocycles. The zero-order valence-electron chi connectivity index (χ0n) is 10.1. The largest absolute Gasteiger partial charge is 0.369 e. The van der Waals surface area contributed by atoms with Gasteiger partial charge in [-0.1, -0.05) is 0 Å². The van der Waals surface area contributed by atoms with Crippen LogP contribution in [0, 0.1) is 17.8 Å². The Morgan fingerprint density at radius 1 is 1.19 bits per heavy atom. The minimum Gasteiger partial charge on any atom is -0.369 e. The van der Waals surface area contributed by atoms with Crippen LogP contribution >= 0.6 is 0 Å². The Morgan fingerprint density at radius 2 is 1.62 bits per heavy atom. The molecule has 0 spiro atoms. The smallest absolute Gasteiger partial charge is 0.231 e. The average Bonchev–Trinajstić information content (AvgIpc) is 2.13. The van der Waals surface area contributed by atoms with Gasteiger partial charge >= 0.3 is 0 Å². The molecule has 0 aliphatic heterocycles. The lowest BCUT2D eigenvalue weighted by molar-refractivity contribution is -0.125. The number of nitrogens with two attached hydrogens (primary N) is 1. The van der Waals surface area contributed by atoms with E-state index >= 15 is 0 Å². The van der Waals surface area contributed by atoms with E-state index in [1.807, 2.05) is 0 Å². The van der Waals surface area contributed by atoms with Gasteiger partial charge < -0.3 is 5.73 Å². The lowest BCUT2D eigenvalue weighted by atomic mass is 9.52. The summed E-state index contributed by atoms with van der Waals surface area (Å²) in [5.41, 5.74) is 5.65. The minimum atomic E-state index is -0.182. The topological polar surface area (TPSA) is 46.3 Å². The third kappa shape index (κ3) is 1.56. The molecule has 0 aromatic carbocycles. The third-order valence-corrected chi connectivity index (χ3v) is 5.21. The number of amides is 1. The van der Waals surface area contributed by atoms with E-state index in [-0.39, 0.29) is 5.91 Å². The van der Waals surface area contributed by atoms with Crippen molar-refractivity contribution < 1.29 is 4.79 Å². The Kier molecular flexibility index (Phi) is 2.29. The predicted octanol–water partition coefficient (Wildman–Crippen LogP) is 1.37. The van der Waals surface area contributed by atoms with Gasteiger partial charge in [-0.3, -0.25) is 9.69 Å². The predicted molar refractivity (Wildman–Crippen MR) is 62.7 cm³/mol. The molecule has 4 aliphatic rings. The van der Waals surface area contributed by atoms with Crippen LogP contribution in [0.15, 0.2) is 0 Å². The quantitative estimate of drug-likeness (QED) is 0.784. The zero-order chi connectivity index (χ0) is 11.3. The van der Waals surface area contributed by atoms with Crippen LogP contribution in [-0.4, -0.2) is 29.9 Å². The number of nitrogens with zero attached hydrogens (tertiary/aromatic N) is 1. The summed E-state index contributed by atoms with van der Waals surface area (Å²) in [7, 11) is 2.10. The maximum atomic E-state index is 11.1. The Labute approximate surface area is 97.4 Å². The van der Waals surface area contributed by atoms with Gasteiger partial charge in [-0.05, 0) is 63.3 Å². The number of likely N-dealkylation sites (N-methyl/N-ethyl adjacent to an activating group) is 1. The SMILES string of the molecule is CN(CC(N)=O)C12CC3CC(CC(C3)C1)C2. The average molecular weight is 222 g/mol. The monoisotopic (exact) mass is 222 g/mol. The summed E-state index contributed by atoms with van der Waals surface area (Å²) < 4.78 is 0. The fraction of sp³-hybridized carbons (Fsp3) is 0.923. The summed E-state index contributed by atoms with van der Waals surface area (Å²) in [6.07, 6.45) is 8.27. The van der Waals surface area contributed by atoms with Gasteiger partial charge in [0.15, 0.2) is 0 Å². The van der Waals surface area contributed by atoms with Crippen molar-refractivity contribution in [3.05, 3.63) is 0 Å². The van der Waals surface area contributed by atoms with Gasteiger partial charge in [-0.15, -0.1) is 0 Å². The number of primary amides is 1. The lowest BCUT2D eigenvalue weighted by Crippen LogP contribution is -2.60. The Bertz CT molecular complexity index is 278. The summed E-state index contributed by atoms with van der Waals surface area (Å²) in [5, 5.41) is 0. The highest BCUT2D eigenvalue weighted by atomic mass is 16.1. The van der Waals surface area contributed by atoms with Gasteiger partial charge in [0, 0.05) is 5.54 Å². The van der Waals surface area contributed by atoms with Crippen molar-refractivity contribution in [2.45, 2.75) is 44.1 Å². The molecule has 16 heavy (non-hydrogen) atoms. The number of carbonyl (C=O) groups excluding carboxylic acids is 1. The molecule has 4 fully saturated rings. The summed E-state index contributed by atoms with van der Waals surface area (Å²) in [6, 6.07) is 0. The standard InChI is InChI=1S/C13H22N2O/c1-15(8-12(14)16)13-5-9-2-10(6-13)4-11(3-9)7-13/h9-11H,2-8H2,1H3,(H2,14,16). The van der Waals surface area contributed by atoms with Crippen molar-refractivity contribution >= 4 is 5.91 Å². The Morgan fingerprint density at radius 3 is 2.00 bits per heavy atom. The van der Waals surface area contributed by atoms with Crippen molar-refractivity contribution in [1.29, 1.82) is 0 Å². The van der Waals surface area contributed by atoms with Crippen LogP contribution in [0.25, 0.3) is 0 Å². The highest BCUT2D eigenvalue weighted by Crippen LogP contribution is 2.57. The molecule has 0 saturated heterocycles. The van der Waals surface area contributed by atoms with E-state index in [0.29, 0.717) is 12.1 Å². The zero-order valence-corrected chi connectivity index (χ0v) is 10.1. The molecule has 3 heteroatoms. The molecule has 0 aromatic heterocycles. The normalized spacial score (nSPS) is 45.2. The van der Waals surface area contributed by atoms with Crippen molar-refractivity contribution in [3.63, 3.8) is 0 Å². The first-order valence-electron chi connectivity index (χ1n) is 6.57. The maximum Gasteiger partial charge on any atom is 0.231 e. The van der Waals surface area contributed by atoms with E-state index in [0.717, 1.165) is 17.8 Å². The summed E-state index contributed by atoms with van der Waals surface area (Å²) in [5.74, 6) is 2.61. The second-order valence-corrected chi connectivity index (χ2v) is 6.46. The van der Waals surface area contributed by atoms with E-state index in [4.69, 9.17) is 5.73 Å². The maximum absolute atomic E-state index is 11.1. The van der Waals surface area contributed by atoms with Crippen molar-refractivity contribution in [3.8, 4) is 0 Å².